The van der Waals surface area contributed by atoms with E-state index in [9.17, 15) is 8.78 Å². The normalized spacial score (nSPS) is 12.9. The number of nitrogens with one attached hydrogen (secondary N) is 1. The van der Waals surface area contributed by atoms with Gasteiger partial charge in [-0.25, -0.2) is 8.78 Å². The van der Waals surface area contributed by atoms with Gasteiger partial charge in [-0.15, -0.1) is 0 Å². The Morgan fingerprint density at radius 2 is 1.79 bits per heavy atom. The van der Waals surface area contributed by atoms with Crippen molar-refractivity contribution >= 4 is 0 Å². The van der Waals surface area contributed by atoms with Crippen LogP contribution in [0.4, 0.5) is 8.78 Å². The number of hydrogen-bond acceptors (Lipinski definition) is 2. The van der Waals surface area contributed by atoms with Gasteiger partial charge in [0, 0.05) is 12.1 Å². The molecule has 2 nitrogen and oxygen atoms in total. The van der Waals surface area contributed by atoms with E-state index in [1.54, 1.807) is 12.1 Å². The molecule has 4 heteroatoms. The number of halogens is 2. The second kappa shape index (κ2) is 5.97. The van der Waals surface area contributed by atoms with Crippen LogP contribution in [-0.4, -0.2) is 0 Å². The van der Waals surface area contributed by atoms with Crippen molar-refractivity contribution < 1.29 is 13.2 Å². The molecule has 1 aromatic heterocycles. The summed E-state index contributed by atoms with van der Waals surface area (Å²) in [4.78, 5) is 0. The van der Waals surface area contributed by atoms with Gasteiger partial charge in [-0.2, -0.15) is 0 Å². The monoisotopic (exact) mass is 265 g/mol. The van der Waals surface area contributed by atoms with E-state index in [4.69, 9.17) is 4.42 Å². The predicted octanol–water partition coefficient (Wildman–Crippen LogP) is 4.38. The van der Waals surface area contributed by atoms with Gasteiger partial charge in [0.2, 0.25) is 0 Å². The van der Waals surface area contributed by atoms with Crippen molar-refractivity contribution in [3.05, 3.63) is 59.0 Å². The van der Waals surface area contributed by atoms with Crippen LogP contribution in [0.1, 0.15) is 42.0 Å². The Morgan fingerprint density at radius 3 is 2.32 bits per heavy atom. The maximum absolute atomic E-state index is 12.4. The zero-order valence-corrected chi connectivity index (χ0v) is 11.0. The molecule has 0 radical (unpaired) electrons. The SMILES string of the molecule is Cc1ccc(C(C)NCc2ccc(C(F)F)cc2)o1. The van der Waals surface area contributed by atoms with Gasteiger partial charge in [0.05, 0.1) is 6.04 Å². The average molecular weight is 265 g/mol. The van der Waals surface area contributed by atoms with Gasteiger partial charge in [-0.05, 0) is 31.5 Å². The minimum atomic E-state index is -2.41. The maximum atomic E-state index is 12.4. The van der Waals surface area contributed by atoms with Gasteiger partial charge in [0.25, 0.3) is 6.43 Å². The van der Waals surface area contributed by atoms with Crippen LogP contribution in [0.15, 0.2) is 40.8 Å². The second-order valence-corrected chi connectivity index (χ2v) is 4.59. The zero-order chi connectivity index (χ0) is 13.8. The largest absolute Gasteiger partial charge is 0.465 e. The van der Waals surface area contributed by atoms with E-state index < -0.39 is 6.43 Å². The van der Waals surface area contributed by atoms with Crippen LogP contribution in [0.25, 0.3) is 0 Å². The molecule has 1 atom stereocenters. The van der Waals surface area contributed by atoms with E-state index in [-0.39, 0.29) is 11.6 Å². The summed E-state index contributed by atoms with van der Waals surface area (Å²) < 4.78 is 30.3. The third kappa shape index (κ3) is 3.64. The molecule has 0 aliphatic carbocycles. The molecule has 0 saturated heterocycles. The van der Waals surface area contributed by atoms with Gasteiger partial charge in [0.15, 0.2) is 0 Å². The van der Waals surface area contributed by atoms with Crippen LogP contribution >= 0.6 is 0 Å². The molecule has 0 bridgehead atoms. The first-order valence-corrected chi connectivity index (χ1v) is 6.23. The molecule has 1 N–H and O–H groups in total. The molecular formula is C15H17F2NO. The highest BCUT2D eigenvalue weighted by Gasteiger charge is 2.09. The average Bonchev–Trinajstić information content (AvgIpc) is 2.83. The first kappa shape index (κ1) is 13.7. The number of furan rings is 1. The van der Waals surface area contributed by atoms with Gasteiger partial charge in [-0.3, -0.25) is 0 Å². The Kier molecular flexibility index (Phi) is 4.32. The molecule has 0 aliphatic rings. The van der Waals surface area contributed by atoms with Crippen LogP contribution in [-0.2, 0) is 6.54 Å². The molecule has 2 rings (SSSR count). The topological polar surface area (TPSA) is 25.2 Å². The summed E-state index contributed by atoms with van der Waals surface area (Å²) in [6.45, 7) is 4.52. The summed E-state index contributed by atoms with van der Waals surface area (Å²) in [5.41, 5.74) is 1.03. The quantitative estimate of drug-likeness (QED) is 0.868. The van der Waals surface area contributed by atoms with Crippen molar-refractivity contribution in [1.82, 2.24) is 5.32 Å². The van der Waals surface area contributed by atoms with Crippen LogP contribution in [0.5, 0.6) is 0 Å². The molecule has 0 spiro atoms. The lowest BCUT2D eigenvalue weighted by atomic mass is 10.1. The number of aryl methyl sites for hydroxylation is 1. The summed E-state index contributed by atoms with van der Waals surface area (Å²) >= 11 is 0. The van der Waals surface area contributed by atoms with Crippen molar-refractivity contribution in [1.29, 1.82) is 0 Å². The lowest BCUT2D eigenvalue weighted by molar-refractivity contribution is 0.151. The van der Waals surface area contributed by atoms with Crippen LogP contribution in [0.3, 0.4) is 0 Å². The summed E-state index contributed by atoms with van der Waals surface area (Å²) in [6, 6.07) is 10.3. The molecule has 0 aliphatic heterocycles. The predicted molar refractivity (Wildman–Crippen MR) is 70.1 cm³/mol. The highest BCUT2D eigenvalue weighted by Crippen LogP contribution is 2.19. The Bertz CT molecular complexity index is 519. The fourth-order valence-corrected chi connectivity index (χ4v) is 1.84. The summed E-state index contributed by atoms with van der Waals surface area (Å²) in [6.07, 6.45) is -2.41. The fraction of sp³-hybridized carbons (Fsp3) is 0.333. The van der Waals surface area contributed by atoms with Gasteiger partial charge < -0.3 is 9.73 Å². The maximum Gasteiger partial charge on any atom is 0.263 e. The van der Waals surface area contributed by atoms with Crippen molar-refractivity contribution in [2.75, 3.05) is 0 Å². The first-order valence-electron chi connectivity index (χ1n) is 6.23. The molecule has 2 aromatic rings. The van der Waals surface area contributed by atoms with Crippen molar-refractivity contribution in [2.45, 2.75) is 32.9 Å². The summed E-state index contributed by atoms with van der Waals surface area (Å²) in [5.74, 6) is 1.76. The molecule has 102 valence electrons. The molecule has 0 amide bonds. The molecule has 1 heterocycles. The van der Waals surface area contributed by atoms with E-state index >= 15 is 0 Å². The van der Waals surface area contributed by atoms with Gasteiger partial charge in [0.1, 0.15) is 11.5 Å². The third-order valence-corrected chi connectivity index (χ3v) is 3.03. The molecule has 1 aromatic carbocycles. The van der Waals surface area contributed by atoms with E-state index in [0.29, 0.717) is 6.54 Å². The van der Waals surface area contributed by atoms with Gasteiger partial charge in [-0.1, -0.05) is 24.3 Å². The van der Waals surface area contributed by atoms with Crippen molar-refractivity contribution in [3.8, 4) is 0 Å². The van der Waals surface area contributed by atoms with E-state index in [0.717, 1.165) is 17.1 Å². The Labute approximate surface area is 111 Å². The number of hydrogen-bond donors (Lipinski definition) is 1. The van der Waals surface area contributed by atoms with Crippen molar-refractivity contribution in [3.63, 3.8) is 0 Å². The second-order valence-electron chi connectivity index (χ2n) is 4.59. The Morgan fingerprint density at radius 1 is 1.11 bits per heavy atom. The smallest absolute Gasteiger partial charge is 0.263 e. The summed E-state index contributed by atoms with van der Waals surface area (Å²) in [5, 5.41) is 3.30. The van der Waals surface area contributed by atoms with Crippen LogP contribution in [0.2, 0.25) is 0 Å². The highest BCUT2D eigenvalue weighted by molar-refractivity contribution is 5.23. The Balaban J connectivity index is 1.91. The molecule has 0 saturated carbocycles. The molecular weight excluding hydrogens is 248 g/mol. The van der Waals surface area contributed by atoms with Crippen molar-refractivity contribution in [2.24, 2.45) is 0 Å². The zero-order valence-electron chi connectivity index (χ0n) is 11.0. The minimum Gasteiger partial charge on any atom is -0.465 e. The Hall–Kier alpha value is -1.68. The van der Waals surface area contributed by atoms with E-state index in [1.165, 1.54) is 12.1 Å². The minimum absolute atomic E-state index is 0.0541. The number of rotatable bonds is 5. The summed E-state index contributed by atoms with van der Waals surface area (Å²) in [7, 11) is 0. The first-order chi connectivity index (χ1) is 9.06. The molecule has 19 heavy (non-hydrogen) atoms. The number of benzene rings is 1. The van der Waals surface area contributed by atoms with Crippen LogP contribution < -0.4 is 5.32 Å². The fourth-order valence-electron chi connectivity index (χ4n) is 1.84. The lowest BCUT2D eigenvalue weighted by Gasteiger charge is -2.11. The molecule has 0 fully saturated rings. The van der Waals surface area contributed by atoms with Gasteiger partial charge >= 0.3 is 0 Å². The molecule has 1 unspecified atom stereocenters. The van der Waals surface area contributed by atoms with E-state index in [2.05, 4.69) is 5.32 Å². The number of alkyl halides is 2. The third-order valence-electron chi connectivity index (χ3n) is 3.03. The van der Waals surface area contributed by atoms with E-state index in [1.807, 2.05) is 26.0 Å². The lowest BCUT2D eigenvalue weighted by Crippen LogP contribution is -2.17. The highest BCUT2D eigenvalue weighted by atomic mass is 19.3. The van der Waals surface area contributed by atoms with Crippen LogP contribution in [0, 0.1) is 6.92 Å². The standard InChI is InChI=1S/C15H17F2NO/c1-10-3-8-14(19-10)11(2)18-9-12-4-6-13(7-5-12)15(16)17/h3-8,11,15,18H,9H2,1-2H3.